The van der Waals surface area contributed by atoms with Crippen molar-refractivity contribution in [1.29, 1.82) is 0 Å². The smallest absolute Gasteiger partial charge is 0.269 e. The summed E-state index contributed by atoms with van der Waals surface area (Å²) in [6, 6.07) is 6.10. The Hall–Kier alpha value is -1.42. The van der Waals surface area contributed by atoms with Crippen LogP contribution in [0.4, 0.5) is 5.69 Å². The van der Waals surface area contributed by atoms with Gasteiger partial charge in [0.15, 0.2) is 0 Å². The average molecular weight is 227 g/mol. The molecule has 0 radical (unpaired) electrons. The number of nitro benzene ring substituents is 1. The highest BCUT2D eigenvalue weighted by atomic mass is 35.5. The second kappa shape index (κ2) is 4.89. The van der Waals surface area contributed by atoms with Crippen LogP contribution in [0.25, 0.3) is 0 Å². The predicted molar refractivity (Wildman–Crippen MR) is 60.6 cm³/mol. The molecule has 0 heterocycles. The monoisotopic (exact) mass is 226 g/mol. The van der Waals surface area contributed by atoms with E-state index in [1.807, 2.05) is 13.8 Å². The van der Waals surface area contributed by atoms with Gasteiger partial charge in [0.05, 0.1) is 4.92 Å². The van der Waals surface area contributed by atoms with Crippen molar-refractivity contribution in [1.82, 2.24) is 0 Å². The Kier molecular flexibility index (Phi) is 3.80. The molecule has 0 spiro atoms. The molecule has 0 amide bonds. The fourth-order valence-corrected chi connectivity index (χ4v) is 1.34. The number of halogens is 1. The molecule has 0 aromatic heterocycles. The van der Waals surface area contributed by atoms with E-state index in [-0.39, 0.29) is 11.7 Å². The van der Waals surface area contributed by atoms with Gasteiger partial charge in [-0.15, -0.1) is 0 Å². The van der Waals surface area contributed by atoms with Crippen LogP contribution in [0.5, 0.6) is 0 Å². The van der Waals surface area contributed by atoms with Crippen LogP contribution in [-0.2, 0) is 0 Å². The fraction of sp³-hybridized carbons (Fsp3) is 0.300. The summed E-state index contributed by atoms with van der Waals surface area (Å²) in [5.74, 6) is 0. The number of nitro groups is 1. The van der Waals surface area contributed by atoms with Gasteiger partial charge in [0.25, 0.3) is 5.69 Å². The predicted octanol–water partition coefficient (Wildman–Crippen LogP) is 2.99. The maximum absolute atomic E-state index is 10.4. The lowest BCUT2D eigenvalue weighted by atomic mass is 10.2. The van der Waals surface area contributed by atoms with E-state index in [9.17, 15) is 10.1 Å². The SMILES string of the molecule is CC(C)N=C(Cl)c1ccc([N+](=O)[O-])cc1. The number of aliphatic imine (C=N–C) groups is 1. The van der Waals surface area contributed by atoms with Crippen LogP contribution in [0.15, 0.2) is 29.3 Å². The molecule has 5 heteroatoms. The standard InChI is InChI=1S/C10H11ClN2O2/c1-7(2)12-10(11)8-3-5-9(6-4-8)13(14)15/h3-7H,1-2H3. The summed E-state index contributed by atoms with van der Waals surface area (Å²) in [5, 5.41) is 10.8. The molecule has 0 fully saturated rings. The van der Waals surface area contributed by atoms with Crippen LogP contribution in [-0.4, -0.2) is 16.1 Å². The Bertz CT molecular complexity index is 385. The van der Waals surface area contributed by atoms with E-state index in [1.54, 1.807) is 12.1 Å². The normalized spacial score (nSPS) is 11.9. The van der Waals surface area contributed by atoms with Crippen LogP contribution in [0.2, 0.25) is 0 Å². The van der Waals surface area contributed by atoms with Crippen molar-refractivity contribution < 1.29 is 4.92 Å². The number of hydrogen-bond donors (Lipinski definition) is 0. The van der Waals surface area contributed by atoms with E-state index in [1.165, 1.54) is 12.1 Å². The van der Waals surface area contributed by atoms with Gasteiger partial charge >= 0.3 is 0 Å². The van der Waals surface area contributed by atoms with Crippen LogP contribution in [0, 0.1) is 10.1 Å². The van der Waals surface area contributed by atoms with Crippen molar-refractivity contribution in [2.75, 3.05) is 0 Å². The van der Waals surface area contributed by atoms with Crippen molar-refractivity contribution in [2.45, 2.75) is 19.9 Å². The zero-order valence-corrected chi connectivity index (χ0v) is 9.23. The lowest BCUT2D eigenvalue weighted by molar-refractivity contribution is -0.384. The molecule has 0 aliphatic heterocycles. The van der Waals surface area contributed by atoms with Gasteiger partial charge in [-0.25, -0.2) is 0 Å². The van der Waals surface area contributed by atoms with Gasteiger partial charge in [-0.3, -0.25) is 15.1 Å². The van der Waals surface area contributed by atoms with Crippen molar-refractivity contribution in [3.8, 4) is 0 Å². The number of non-ortho nitro benzene ring substituents is 1. The first-order chi connectivity index (χ1) is 7.00. The van der Waals surface area contributed by atoms with Crippen LogP contribution >= 0.6 is 11.6 Å². The molecule has 0 N–H and O–H groups in total. The average Bonchev–Trinajstić information content (AvgIpc) is 2.17. The minimum Gasteiger partial charge on any atom is -0.270 e. The first-order valence-electron chi connectivity index (χ1n) is 4.49. The van der Waals surface area contributed by atoms with Gasteiger partial charge in [0, 0.05) is 23.7 Å². The van der Waals surface area contributed by atoms with E-state index >= 15 is 0 Å². The molecule has 4 nitrogen and oxygen atoms in total. The summed E-state index contributed by atoms with van der Waals surface area (Å²) in [4.78, 5) is 14.1. The van der Waals surface area contributed by atoms with E-state index in [4.69, 9.17) is 11.6 Å². The van der Waals surface area contributed by atoms with Crippen molar-refractivity contribution in [2.24, 2.45) is 4.99 Å². The largest absolute Gasteiger partial charge is 0.270 e. The van der Waals surface area contributed by atoms with Crippen LogP contribution < -0.4 is 0 Å². The molecule has 0 saturated heterocycles. The molecule has 0 bridgehead atoms. The molecule has 0 saturated carbocycles. The van der Waals surface area contributed by atoms with Gasteiger partial charge in [0.2, 0.25) is 0 Å². The molecule has 1 rings (SSSR count). The topological polar surface area (TPSA) is 55.5 Å². The molecule has 0 aliphatic rings. The third-order valence-corrected chi connectivity index (χ3v) is 2.00. The van der Waals surface area contributed by atoms with Gasteiger partial charge in [-0.1, -0.05) is 11.6 Å². The Balaban J connectivity index is 2.94. The Labute approximate surface area is 92.7 Å². The van der Waals surface area contributed by atoms with E-state index < -0.39 is 4.92 Å². The summed E-state index contributed by atoms with van der Waals surface area (Å²) in [7, 11) is 0. The lowest BCUT2D eigenvalue weighted by Gasteiger charge is -2.00. The van der Waals surface area contributed by atoms with Gasteiger partial charge < -0.3 is 0 Å². The molecular weight excluding hydrogens is 216 g/mol. The number of rotatable bonds is 3. The first-order valence-corrected chi connectivity index (χ1v) is 4.86. The van der Waals surface area contributed by atoms with Gasteiger partial charge in [-0.2, -0.15) is 0 Å². The molecule has 1 aromatic rings. The second-order valence-corrected chi connectivity index (χ2v) is 3.68. The van der Waals surface area contributed by atoms with E-state index in [0.717, 1.165) is 0 Å². The van der Waals surface area contributed by atoms with Crippen molar-refractivity contribution in [3.05, 3.63) is 39.9 Å². The zero-order valence-electron chi connectivity index (χ0n) is 8.48. The third kappa shape index (κ3) is 3.32. The number of nitrogens with zero attached hydrogens (tertiary/aromatic N) is 2. The summed E-state index contributed by atoms with van der Waals surface area (Å²) in [6.45, 7) is 3.82. The molecule has 0 atom stereocenters. The van der Waals surface area contributed by atoms with Gasteiger partial charge in [-0.05, 0) is 26.0 Å². The highest BCUT2D eigenvalue weighted by Gasteiger charge is 2.06. The molecule has 0 aliphatic carbocycles. The Morgan fingerprint density at radius 2 is 1.93 bits per heavy atom. The molecule has 15 heavy (non-hydrogen) atoms. The quantitative estimate of drug-likeness (QED) is 0.452. The number of benzene rings is 1. The maximum Gasteiger partial charge on any atom is 0.269 e. The molecule has 0 unspecified atom stereocenters. The lowest BCUT2D eigenvalue weighted by Crippen LogP contribution is -1.98. The third-order valence-electron chi connectivity index (χ3n) is 1.69. The number of hydrogen-bond acceptors (Lipinski definition) is 3. The highest BCUT2D eigenvalue weighted by Crippen LogP contribution is 2.14. The minimum atomic E-state index is -0.447. The fourth-order valence-electron chi connectivity index (χ4n) is 1.02. The van der Waals surface area contributed by atoms with Crippen LogP contribution in [0.3, 0.4) is 0 Å². The first kappa shape index (κ1) is 11.7. The highest BCUT2D eigenvalue weighted by molar-refractivity contribution is 6.69. The van der Waals surface area contributed by atoms with Crippen molar-refractivity contribution >= 4 is 22.5 Å². The zero-order chi connectivity index (χ0) is 11.4. The van der Waals surface area contributed by atoms with Gasteiger partial charge in [0.1, 0.15) is 5.17 Å². The summed E-state index contributed by atoms with van der Waals surface area (Å²) in [5.41, 5.74) is 0.740. The van der Waals surface area contributed by atoms with Crippen LogP contribution in [0.1, 0.15) is 19.4 Å². The molecular formula is C10H11ClN2O2. The summed E-state index contributed by atoms with van der Waals surface area (Å²) < 4.78 is 0. The van der Waals surface area contributed by atoms with Crippen molar-refractivity contribution in [3.63, 3.8) is 0 Å². The molecule has 80 valence electrons. The Morgan fingerprint density at radius 3 is 2.33 bits per heavy atom. The van der Waals surface area contributed by atoms with E-state index in [0.29, 0.717) is 10.7 Å². The second-order valence-electron chi connectivity index (χ2n) is 3.32. The Morgan fingerprint density at radius 1 is 1.40 bits per heavy atom. The summed E-state index contributed by atoms with van der Waals surface area (Å²) in [6.07, 6.45) is 0. The maximum atomic E-state index is 10.4. The minimum absolute atomic E-state index is 0.0489. The van der Waals surface area contributed by atoms with E-state index in [2.05, 4.69) is 4.99 Å². The summed E-state index contributed by atoms with van der Waals surface area (Å²) >= 11 is 5.91. The molecule has 1 aromatic carbocycles.